The van der Waals surface area contributed by atoms with Crippen molar-refractivity contribution in [2.75, 3.05) is 19.6 Å². The summed E-state index contributed by atoms with van der Waals surface area (Å²) in [7, 11) is 0. The van der Waals surface area contributed by atoms with Gasteiger partial charge in [0.05, 0.1) is 33.7 Å². The Kier molecular flexibility index (Phi) is 8.64. The quantitative estimate of drug-likeness (QED) is 0.234. The molecular formula is C27H29F3N8OS. The molecule has 4 aromatic rings. The Balaban J connectivity index is 1.80. The Hall–Kier alpha value is -4.10. The van der Waals surface area contributed by atoms with E-state index in [1.54, 1.807) is 12.3 Å². The molecule has 0 aliphatic carbocycles. The van der Waals surface area contributed by atoms with Gasteiger partial charge >= 0.3 is 6.18 Å². The zero-order chi connectivity index (χ0) is 29.0. The van der Waals surface area contributed by atoms with Crippen LogP contribution in [0.1, 0.15) is 36.8 Å². The highest BCUT2D eigenvalue weighted by molar-refractivity contribution is 7.13. The first-order valence-electron chi connectivity index (χ1n) is 12.6. The van der Waals surface area contributed by atoms with Crippen LogP contribution in [0.4, 0.5) is 13.2 Å². The van der Waals surface area contributed by atoms with E-state index in [1.165, 1.54) is 34.2 Å². The summed E-state index contributed by atoms with van der Waals surface area (Å²) in [6.07, 6.45) is -1.09. The molecule has 0 saturated carbocycles. The van der Waals surface area contributed by atoms with Gasteiger partial charge in [-0.05, 0) is 49.7 Å². The molecule has 0 aromatic carbocycles. The lowest BCUT2D eigenvalue weighted by Gasteiger charge is -2.26. The second kappa shape index (κ2) is 12.0. The molecular weight excluding hydrogens is 541 g/mol. The van der Waals surface area contributed by atoms with Crippen LogP contribution in [0, 0.1) is 5.41 Å². The lowest BCUT2D eigenvalue weighted by molar-refractivity contribution is -0.0578. The SMILES string of the molecule is CCN(CC)C(C)CNC(=O)c1cc(/C(=C/N)C(=N)C(F)(F)F)nc(-c2cnn3ccc(-c4cccs4)nc23)c1. The number of carbonyl (C=O) groups excluding carboxylic acids is 1. The molecule has 0 radical (unpaired) electrons. The second-order valence-electron chi connectivity index (χ2n) is 8.98. The number of hydrogen-bond acceptors (Lipinski definition) is 8. The Morgan fingerprint density at radius 2 is 1.98 bits per heavy atom. The molecule has 4 heterocycles. The number of alkyl halides is 3. The zero-order valence-corrected chi connectivity index (χ0v) is 23.0. The number of rotatable bonds is 10. The largest absolute Gasteiger partial charge is 0.433 e. The van der Waals surface area contributed by atoms with Crippen molar-refractivity contribution < 1.29 is 18.0 Å². The van der Waals surface area contributed by atoms with E-state index >= 15 is 0 Å². The number of pyridine rings is 1. The second-order valence-corrected chi connectivity index (χ2v) is 9.92. The molecule has 210 valence electrons. The van der Waals surface area contributed by atoms with Gasteiger partial charge in [0.25, 0.3) is 5.91 Å². The Morgan fingerprint density at radius 1 is 1.23 bits per heavy atom. The summed E-state index contributed by atoms with van der Waals surface area (Å²) in [6, 6.07) is 8.34. The first kappa shape index (κ1) is 28.9. The van der Waals surface area contributed by atoms with Gasteiger partial charge in [-0.25, -0.2) is 14.5 Å². The molecule has 1 amide bonds. The van der Waals surface area contributed by atoms with Crippen molar-refractivity contribution in [3.63, 3.8) is 0 Å². The zero-order valence-electron chi connectivity index (χ0n) is 22.2. The maximum atomic E-state index is 13.5. The topological polar surface area (TPSA) is 125 Å². The number of aromatic nitrogens is 4. The Labute approximate surface area is 233 Å². The van der Waals surface area contributed by atoms with Gasteiger partial charge in [-0.2, -0.15) is 18.3 Å². The highest BCUT2D eigenvalue weighted by Gasteiger charge is 2.38. The van der Waals surface area contributed by atoms with Crippen LogP contribution < -0.4 is 11.1 Å². The molecule has 1 unspecified atom stereocenters. The molecule has 1 atom stereocenters. The molecule has 4 rings (SSSR count). The van der Waals surface area contributed by atoms with E-state index in [1.807, 2.05) is 38.3 Å². The summed E-state index contributed by atoms with van der Waals surface area (Å²) in [5, 5.41) is 16.8. The van der Waals surface area contributed by atoms with Gasteiger partial charge in [-0.1, -0.05) is 19.9 Å². The number of thiophene rings is 1. The fourth-order valence-corrected chi connectivity index (χ4v) is 5.01. The Morgan fingerprint density at radius 3 is 2.60 bits per heavy atom. The summed E-state index contributed by atoms with van der Waals surface area (Å²) in [6.45, 7) is 7.95. The number of nitrogens with one attached hydrogen (secondary N) is 2. The lowest BCUT2D eigenvalue weighted by atomic mass is 10.0. The molecule has 0 bridgehead atoms. The van der Waals surface area contributed by atoms with Crippen LogP contribution in [0.25, 0.3) is 33.0 Å². The van der Waals surface area contributed by atoms with Crippen LogP contribution in [0.5, 0.6) is 0 Å². The minimum absolute atomic E-state index is 0.0390. The fraction of sp³-hybridized carbons (Fsp3) is 0.296. The number of nitrogens with zero attached hydrogens (tertiary/aromatic N) is 5. The number of allylic oxidation sites excluding steroid dienone is 1. The molecule has 0 aliphatic rings. The summed E-state index contributed by atoms with van der Waals surface area (Å²) < 4.78 is 42.0. The summed E-state index contributed by atoms with van der Waals surface area (Å²) >= 11 is 1.51. The molecule has 0 fully saturated rings. The van der Waals surface area contributed by atoms with E-state index in [0.717, 1.165) is 18.0 Å². The Bertz CT molecular complexity index is 1540. The van der Waals surface area contributed by atoms with Gasteiger partial charge in [-0.3, -0.25) is 15.1 Å². The third-order valence-electron chi connectivity index (χ3n) is 6.50. The number of nitrogens with two attached hydrogens (primary N) is 1. The molecule has 40 heavy (non-hydrogen) atoms. The summed E-state index contributed by atoms with van der Waals surface area (Å²) in [5.41, 5.74) is 4.69. The maximum Gasteiger partial charge on any atom is 0.433 e. The fourth-order valence-electron chi connectivity index (χ4n) is 4.32. The predicted molar refractivity (Wildman–Crippen MR) is 150 cm³/mol. The molecule has 4 aromatic heterocycles. The van der Waals surface area contributed by atoms with Crippen molar-refractivity contribution in [1.29, 1.82) is 5.41 Å². The smallest absolute Gasteiger partial charge is 0.404 e. The number of likely N-dealkylation sites (N-methyl/N-ethyl adjacent to an activating group) is 1. The van der Waals surface area contributed by atoms with Gasteiger partial charge in [0.2, 0.25) is 0 Å². The average molecular weight is 571 g/mol. The van der Waals surface area contributed by atoms with Crippen molar-refractivity contribution >= 4 is 34.2 Å². The predicted octanol–water partition coefficient (Wildman–Crippen LogP) is 4.86. The molecule has 9 nitrogen and oxygen atoms in total. The van der Waals surface area contributed by atoms with Crippen LogP contribution in [0.2, 0.25) is 0 Å². The molecule has 0 aliphatic heterocycles. The minimum atomic E-state index is -4.97. The van der Waals surface area contributed by atoms with Crippen molar-refractivity contribution in [3.8, 4) is 21.8 Å². The van der Waals surface area contributed by atoms with E-state index in [4.69, 9.17) is 16.1 Å². The van der Waals surface area contributed by atoms with Gasteiger partial charge in [0.15, 0.2) is 5.65 Å². The third kappa shape index (κ3) is 6.05. The van der Waals surface area contributed by atoms with E-state index < -0.39 is 23.4 Å². The molecule has 13 heteroatoms. The summed E-state index contributed by atoms with van der Waals surface area (Å²) in [4.78, 5) is 25.4. The van der Waals surface area contributed by atoms with Gasteiger partial charge < -0.3 is 11.1 Å². The maximum absolute atomic E-state index is 13.5. The van der Waals surface area contributed by atoms with Crippen LogP contribution in [0.3, 0.4) is 0 Å². The van der Waals surface area contributed by atoms with Gasteiger partial charge in [0, 0.05) is 36.1 Å². The minimum Gasteiger partial charge on any atom is -0.404 e. The lowest BCUT2D eigenvalue weighted by Crippen LogP contribution is -2.42. The number of halogens is 3. The molecule has 4 N–H and O–H groups in total. The average Bonchev–Trinajstić information content (AvgIpc) is 3.62. The van der Waals surface area contributed by atoms with Gasteiger partial charge in [0.1, 0.15) is 5.71 Å². The monoisotopic (exact) mass is 570 g/mol. The first-order chi connectivity index (χ1) is 19.1. The summed E-state index contributed by atoms with van der Waals surface area (Å²) in [5.74, 6) is -0.498. The number of fused-ring (bicyclic) bond motifs is 1. The van der Waals surface area contributed by atoms with Crippen LogP contribution in [0.15, 0.2) is 54.3 Å². The van der Waals surface area contributed by atoms with E-state index in [0.29, 0.717) is 29.6 Å². The number of hydrogen-bond donors (Lipinski definition) is 3. The van der Waals surface area contributed by atoms with Crippen molar-refractivity contribution in [3.05, 3.63) is 65.6 Å². The highest BCUT2D eigenvalue weighted by Crippen LogP contribution is 2.31. The van der Waals surface area contributed by atoms with Crippen molar-refractivity contribution in [2.24, 2.45) is 5.73 Å². The number of amides is 1. The van der Waals surface area contributed by atoms with Crippen molar-refractivity contribution in [2.45, 2.75) is 33.0 Å². The number of carbonyl (C=O) groups is 1. The standard InChI is InChI=1S/C27H29F3N8OS/c1-4-37(5-2)16(3)14-33-26(39)17-11-21(18(13-31)24(32)27(28,29)30)35-22(12-17)19-15-34-38-9-8-20(36-25(19)38)23-7-6-10-40-23/h6-13,15-16,32H,4-5,14,31H2,1-3H3,(H,33,39)/b18-13-,32-24?. The van der Waals surface area contributed by atoms with E-state index in [9.17, 15) is 18.0 Å². The van der Waals surface area contributed by atoms with Crippen LogP contribution >= 0.6 is 11.3 Å². The molecule has 0 spiro atoms. The van der Waals surface area contributed by atoms with E-state index in [-0.39, 0.29) is 23.0 Å². The third-order valence-corrected chi connectivity index (χ3v) is 7.39. The van der Waals surface area contributed by atoms with Crippen LogP contribution in [-0.2, 0) is 0 Å². The van der Waals surface area contributed by atoms with Crippen LogP contribution in [-0.4, -0.2) is 68.0 Å². The van der Waals surface area contributed by atoms with E-state index in [2.05, 4.69) is 20.3 Å². The highest BCUT2D eigenvalue weighted by atomic mass is 32.1. The normalized spacial score (nSPS) is 13.1. The first-order valence-corrected chi connectivity index (χ1v) is 13.5. The molecule has 0 saturated heterocycles. The van der Waals surface area contributed by atoms with Gasteiger partial charge in [-0.15, -0.1) is 11.3 Å². The van der Waals surface area contributed by atoms with Crippen molar-refractivity contribution in [1.82, 2.24) is 29.8 Å².